The van der Waals surface area contributed by atoms with Crippen LogP contribution < -0.4 is 0 Å². The van der Waals surface area contributed by atoms with Gasteiger partial charge >= 0.3 is 6.18 Å². The summed E-state index contributed by atoms with van der Waals surface area (Å²) < 4.78 is 39.7. The molecule has 0 bridgehead atoms. The minimum absolute atomic E-state index is 0.00355. The molecule has 1 aliphatic rings. The third-order valence-electron chi connectivity index (χ3n) is 3.33. The lowest BCUT2D eigenvalue weighted by molar-refractivity contribution is -0.297. The van der Waals surface area contributed by atoms with Crippen LogP contribution in [0, 0.1) is 0 Å². The second-order valence-electron chi connectivity index (χ2n) is 5.00. The zero-order chi connectivity index (χ0) is 16.5. The summed E-state index contributed by atoms with van der Waals surface area (Å²) in [6.45, 7) is 1.77. The standard InChI is InChI=1S/C14H14ClF3N2O2/c1-2-5-9-8-13(22,14(16,17)18)20(19-9)12(21)10-6-3-4-7-11(10)15/h3-4,6-7,22H,2,5,8H2,1H3. The fraction of sp³-hybridized carbons (Fsp3) is 0.429. The van der Waals surface area contributed by atoms with E-state index in [0.717, 1.165) is 0 Å². The Kier molecular flexibility index (Phi) is 4.49. The van der Waals surface area contributed by atoms with Gasteiger partial charge in [0.05, 0.1) is 10.6 Å². The number of nitrogens with zero attached hydrogens (tertiary/aromatic N) is 2. The second kappa shape index (κ2) is 5.89. The van der Waals surface area contributed by atoms with Crippen molar-refractivity contribution in [3.05, 3.63) is 34.9 Å². The van der Waals surface area contributed by atoms with E-state index in [1.54, 1.807) is 13.0 Å². The van der Waals surface area contributed by atoms with Crippen molar-refractivity contribution in [1.82, 2.24) is 5.01 Å². The van der Waals surface area contributed by atoms with Gasteiger partial charge in [-0.25, -0.2) is 0 Å². The maximum absolute atomic E-state index is 13.2. The topological polar surface area (TPSA) is 52.9 Å². The van der Waals surface area contributed by atoms with E-state index >= 15 is 0 Å². The number of hydrogen-bond acceptors (Lipinski definition) is 3. The number of carbonyl (C=O) groups is 1. The lowest BCUT2D eigenvalue weighted by Crippen LogP contribution is -2.56. The van der Waals surface area contributed by atoms with Crippen molar-refractivity contribution in [2.45, 2.75) is 38.1 Å². The Labute approximate surface area is 130 Å². The highest BCUT2D eigenvalue weighted by atomic mass is 35.5. The van der Waals surface area contributed by atoms with E-state index in [1.165, 1.54) is 18.2 Å². The van der Waals surface area contributed by atoms with Crippen molar-refractivity contribution in [2.24, 2.45) is 5.10 Å². The number of amides is 1. The van der Waals surface area contributed by atoms with Crippen LogP contribution in [0.15, 0.2) is 29.4 Å². The Hall–Kier alpha value is -1.60. The third-order valence-corrected chi connectivity index (χ3v) is 3.66. The van der Waals surface area contributed by atoms with E-state index in [0.29, 0.717) is 6.42 Å². The van der Waals surface area contributed by atoms with Crippen molar-refractivity contribution in [3.63, 3.8) is 0 Å². The van der Waals surface area contributed by atoms with Gasteiger partial charge in [-0.05, 0) is 18.6 Å². The number of halogens is 4. The van der Waals surface area contributed by atoms with Crippen molar-refractivity contribution in [3.8, 4) is 0 Å². The molecule has 1 amide bonds. The quantitative estimate of drug-likeness (QED) is 0.918. The zero-order valence-corrected chi connectivity index (χ0v) is 12.4. The van der Waals surface area contributed by atoms with Crippen molar-refractivity contribution < 1.29 is 23.1 Å². The number of hydrogen-bond donors (Lipinski definition) is 1. The first-order chi connectivity index (χ1) is 10.2. The average molecular weight is 335 g/mol. The van der Waals surface area contributed by atoms with Gasteiger partial charge in [0.1, 0.15) is 0 Å². The largest absolute Gasteiger partial charge is 0.438 e. The van der Waals surface area contributed by atoms with Crippen LogP contribution in [0.1, 0.15) is 36.5 Å². The molecule has 120 valence electrons. The highest BCUT2D eigenvalue weighted by Gasteiger charge is 2.63. The summed E-state index contributed by atoms with van der Waals surface area (Å²) in [4.78, 5) is 12.4. The molecule has 1 aliphatic heterocycles. The second-order valence-corrected chi connectivity index (χ2v) is 5.41. The molecule has 0 aromatic heterocycles. The van der Waals surface area contributed by atoms with E-state index in [-0.39, 0.29) is 27.7 Å². The molecule has 0 fully saturated rings. The van der Waals surface area contributed by atoms with Crippen molar-refractivity contribution in [2.75, 3.05) is 0 Å². The smallest absolute Gasteiger partial charge is 0.362 e. The molecule has 0 spiro atoms. The average Bonchev–Trinajstić information content (AvgIpc) is 2.77. The van der Waals surface area contributed by atoms with Crippen LogP contribution in [-0.4, -0.2) is 33.6 Å². The van der Waals surface area contributed by atoms with Gasteiger partial charge < -0.3 is 5.11 Å². The predicted molar refractivity (Wildman–Crippen MR) is 75.6 cm³/mol. The highest BCUT2D eigenvalue weighted by Crippen LogP contribution is 2.41. The van der Waals surface area contributed by atoms with Gasteiger partial charge in [0.2, 0.25) is 0 Å². The SMILES string of the molecule is CCCC1=NN(C(=O)c2ccccc2Cl)C(O)(C(F)(F)F)C1. The molecule has 1 aromatic carbocycles. The van der Waals surface area contributed by atoms with Gasteiger partial charge in [-0.15, -0.1) is 0 Å². The molecule has 1 aromatic rings. The summed E-state index contributed by atoms with van der Waals surface area (Å²) in [7, 11) is 0. The van der Waals surface area contributed by atoms with E-state index in [4.69, 9.17) is 11.6 Å². The number of rotatable bonds is 3. The maximum atomic E-state index is 13.2. The third kappa shape index (κ3) is 2.83. The van der Waals surface area contributed by atoms with Crippen LogP contribution in [0.5, 0.6) is 0 Å². The summed E-state index contributed by atoms with van der Waals surface area (Å²) in [5.41, 5.74) is -3.36. The first-order valence-electron chi connectivity index (χ1n) is 6.65. The molecule has 0 radical (unpaired) electrons. The summed E-state index contributed by atoms with van der Waals surface area (Å²) in [6.07, 6.45) is -4.95. The van der Waals surface area contributed by atoms with Crippen LogP contribution in [0.4, 0.5) is 13.2 Å². The fourth-order valence-electron chi connectivity index (χ4n) is 2.23. The van der Waals surface area contributed by atoms with Gasteiger partial charge in [-0.3, -0.25) is 4.79 Å². The first-order valence-corrected chi connectivity index (χ1v) is 7.03. The number of aliphatic hydroxyl groups is 1. The summed E-state index contributed by atoms with van der Waals surface area (Å²) in [5, 5.41) is 13.8. The number of hydrazone groups is 1. The minimum atomic E-state index is -5.02. The summed E-state index contributed by atoms with van der Waals surface area (Å²) in [6, 6.07) is 5.69. The lowest BCUT2D eigenvalue weighted by atomic mass is 10.0. The molecule has 2 rings (SSSR count). The predicted octanol–water partition coefficient (Wildman–Crippen LogP) is 3.59. The monoisotopic (exact) mass is 334 g/mol. The van der Waals surface area contributed by atoms with Gasteiger partial charge in [-0.2, -0.15) is 23.3 Å². The zero-order valence-electron chi connectivity index (χ0n) is 11.7. The Morgan fingerprint density at radius 3 is 2.64 bits per heavy atom. The van der Waals surface area contributed by atoms with Crippen molar-refractivity contribution >= 4 is 23.2 Å². The molecule has 8 heteroatoms. The molecule has 0 aliphatic carbocycles. The van der Waals surface area contributed by atoms with Crippen LogP contribution in [0.3, 0.4) is 0 Å². The number of alkyl halides is 3. The molecular formula is C14H14ClF3N2O2. The Morgan fingerprint density at radius 1 is 1.45 bits per heavy atom. The molecule has 0 saturated carbocycles. The molecular weight excluding hydrogens is 321 g/mol. The molecule has 1 heterocycles. The van der Waals surface area contributed by atoms with Crippen LogP contribution in [0.25, 0.3) is 0 Å². The Balaban J connectivity index is 2.44. The highest BCUT2D eigenvalue weighted by molar-refractivity contribution is 6.33. The number of benzene rings is 1. The van der Waals surface area contributed by atoms with Crippen molar-refractivity contribution in [1.29, 1.82) is 0 Å². The van der Waals surface area contributed by atoms with E-state index in [9.17, 15) is 23.1 Å². The van der Waals surface area contributed by atoms with E-state index in [1.807, 2.05) is 0 Å². The summed E-state index contributed by atoms with van der Waals surface area (Å²) >= 11 is 5.84. The van der Waals surface area contributed by atoms with Gasteiger partial charge in [-0.1, -0.05) is 37.1 Å². The Morgan fingerprint density at radius 2 is 2.09 bits per heavy atom. The lowest BCUT2D eigenvalue weighted by Gasteiger charge is -2.32. The fourth-order valence-corrected chi connectivity index (χ4v) is 2.44. The van der Waals surface area contributed by atoms with Crippen LogP contribution in [0.2, 0.25) is 5.02 Å². The molecule has 4 nitrogen and oxygen atoms in total. The van der Waals surface area contributed by atoms with Crippen LogP contribution in [-0.2, 0) is 0 Å². The first kappa shape index (κ1) is 16.8. The maximum Gasteiger partial charge on any atom is 0.438 e. The molecule has 22 heavy (non-hydrogen) atoms. The Bertz CT molecular complexity index is 618. The minimum Gasteiger partial charge on any atom is -0.362 e. The molecule has 1 unspecified atom stereocenters. The van der Waals surface area contributed by atoms with E-state index in [2.05, 4.69) is 5.10 Å². The number of carbonyl (C=O) groups excluding carboxylic acids is 1. The van der Waals surface area contributed by atoms with Gasteiger partial charge in [0, 0.05) is 12.1 Å². The molecule has 1 atom stereocenters. The van der Waals surface area contributed by atoms with E-state index < -0.39 is 24.2 Å². The molecule has 0 saturated heterocycles. The molecule has 1 N–H and O–H groups in total. The van der Waals surface area contributed by atoms with Gasteiger partial charge in [0.25, 0.3) is 11.6 Å². The summed E-state index contributed by atoms with van der Waals surface area (Å²) in [5.74, 6) is -1.09. The normalized spacial score (nSPS) is 21.9. The van der Waals surface area contributed by atoms with Crippen LogP contribution >= 0.6 is 11.6 Å². The van der Waals surface area contributed by atoms with Gasteiger partial charge in [0.15, 0.2) is 0 Å².